The fourth-order valence-electron chi connectivity index (χ4n) is 2.67. The minimum atomic E-state index is 0.132. The molecular formula is C16H25NO3S. The Morgan fingerprint density at radius 3 is 2.76 bits per heavy atom. The molecule has 0 radical (unpaired) electrons. The highest BCUT2D eigenvalue weighted by molar-refractivity contribution is 7.12. The normalized spacial score (nSPS) is 17.7. The van der Waals surface area contributed by atoms with Crippen LogP contribution in [0.3, 0.4) is 0 Å². The third-order valence-electron chi connectivity index (χ3n) is 4.18. The second-order valence-electron chi connectivity index (χ2n) is 6.08. The molecule has 21 heavy (non-hydrogen) atoms. The van der Waals surface area contributed by atoms with Gasteiger partial charge in [-0.1, -0.05) is 6.92 Å². The quantitative estimate of drug-likeness (QED) is 0.811. The van der Waals surface area contributed by atoms with Crippen molar-refractivity contribution in [1.82, 2.24) is 4.90 Å². The summed E-state index contributed by atoms with van der Waals surface area (Å²) in [5.41, 5.74) is 1.21. The number of hydrogen-bond donors (Lipinski definition) is 0. The number of amides is 1. The molecule has 0 saturated carbocycles. The van der Waals surface area contributed by atoms with Crippen LogP contribution in [0.2, 0.25) is 0 Å². The third-order valence-corrected chi connectivity index (χ3v) is 5.19. The van der Waals surface area contributed by atoms with Gasteiger partial charge in [0.1, 0.15) is 0 Å². The SMILES string of the molecule is COCCN(CC1(C)CCOCC1)C(=O)c1sccc1C. The van der Waals surface area contributed by atoms with Crippen LogP contribution in [0.15, 0.2) is 11.4 Å². The summed E-state index contributed by atoms with van der Waals surface area (Å²) >= 11 is 1.52. The van der Waals surface area contributed by atoms with Crippen molar-refractivity contribution >= 4 is 17.2 Å². The summed E-state index contributed by atoms with van der Waals surface area (Å²) in [6.07, 6.45) is 2.01. The molecule has 0 unspecified atom stereocenters. The van der Waals surface area contributed by atoms with Crippen LogP contribution in [0.1, 0.15) is 35.0 Å². The van der Waals surface area contributed by atoms with Crippen molar-refractivity contribution in [1.29, 1.82) is 0 Å². The first-order valence-corrected chi connectivity index (χ1v) is 8.34. The molecule has 0 N–H and O–H groups in total. The summed E-state index contributed by atoms with van der Waals surface area (Å²) < 4.78 is 10.6. The van der Waals surface area contributed by atoms with E-state index in [1.807, 2.05) is 23.3 Å². The lowest BCUT2D eigenvalue weighted by Gasteiger charge is -2.38. The van der Waals surface area contributed by atoms with Gasteiger partial charge in [-0.15, -0.1) is 11.3 Å². The van der Waals surface area contributed by atoms with Crippen LogP contribution in [-0.4, -0.2) is 50.8 Å². The second kappa shape index (κ2) is 7.38. The number of aryl methyl sites for hydroxylation is 1. The molecule has 1 aliphatic heterocycles. The highest BCUT2D eigenvalue weighted by Gasteiger charge is 2.32. The maximum absolute atomic E-state index is 12.8. The Hall–Kier alpha value is -0.910. The molecule has 118 valence electrons. The zero-order chi connectivity index (χ0) is 15.3. The Labute approximate surface area is 131 Å². The molecule has 1 fully saturated rings. The largest absolute Gasteiger partial charge is 0.383 e. The van der Waals surface area contributed by atoms with Crippen molar-refractivity contribution in [2.75, 3.05) is 40.0 Å². The topological polar surface area (TPSA) is 38.8 Å². The van der Waals surface area contributed by atoms with Gasteiger partial charge in [0.2, 0.25) is 0 Å². The van der Waals surface area contributed by atoms with E-state index in [1.54, 1.807) is 7.11 Å². The van der Waals surface area contributed by atoms with Crippen molar-refractivity contribution in [2.24, 2.45) is 5.41 Å². The molecule has 5 heteroatoms. The van der Waals surface area contributed by atoms with Gasteiger partial charge in [0, 0.05) is 33.4 Å². The molecule has 1 aliphatic rings. The minimum Gasteiger partial charge on any atom is -0.383 e. The fraction of sp³-hybridized carbons (Fsp3) is 0.688. The monoisotopic (exact) mass is 311 g/mol. The first-order chi connectivity index (χ1) is 10.1. The lowest BCUT2D eigenvalue weighted by Crippen LogP contribution is -2.44. The maximum Gasteiger partial charge on any atom is 0.264 e. The molecule has 2 rings (SSSR count). The molecule has 2 heterocycles. The smallest absolute Gasteiger partial charge is 0.264 e. The molecular weight excluding hydrogens is 286 g/mol. The number of rotatable bonds is 6. The maximum atomic E-state index is 12.8. The van der Waals surface area contributed by atoms with E-state index in [-0.39, 0.29) is 11.3 Å². The number of carbonyl (C=O) groups excluding carboxylic acids is 1. The van der Waals surface area contributed by atoms with E-state index < -0.39 is 0 Å². The van der Waals surface area contributed by atoms with Crippen LogP contribution in [0.4, 0.5) is 0 Å². The Kier molecular flexibility index (Phi) is 5.79. The van der Waals surface area contributed by atoms with Gasteiger partial charge in [-0.3, -0.25) is 4.79 Å². The fourth-order valence-corrected chi connectivity index (χ4v) is 3.56. The lowest BCUT2D eigenvalue weighted by atomic mass is 9.82. The Balaban J connectivity index is 2.10. The number of carbonyl (C=O) groups is 1. The molecule has 1 amide bonds. The van der Waals surface area contributed by atoms with Crippen LogP contribution in [0.5, 0.6) is 0 Å². The van der Waals surface area contributed by atoms with Crippen LogP contribution in [0, 0.1) is 12.3 Å². The summed E-state index contributed by atoms with van der Waals surface area (Å²) in [5.74, 6) is 0.132. The standard InChI is InChI=1S/C16H25NO3S/c1-13-4-11-21-14(13)15(18)17(7-10-19-3)12-16(2)5-8-20-9-6-16/h4,11H,5-10,12H2,1-3H3. The molecule has 0 atom stereocenters. The number of methoxy groups -OCH3 is 1. The van der Waals surface area contributed by atoms with Gasteiger partial charge in [-0.25, -0.2) is 0 Å². The molecule has 0 spiro atoms. The molecule has 0 aromatic carbocycles. The molecule has 1 saturated heterocycles. The van der Waals surface area contributed by atoms with Crippen LogP contribution in [0.25, 0.3) is 0 Å². The molecule has 4 nitrogen and oxygen atoms in total. The lowest BCUT2D eigenvalue weighted by molar-refractivity contribution is 0.00283. The van der Waals surface area contributed by atoms with E-state index in [9.17, 15) is 4.79 Å². The summed E-state index contributed by atoms with van der Waals surface area (Å²) in [6.45, 7) is 7.82. The van der Waals surface area contributed by atoms with Gasteiger partial charge in [-0.05, 0) is 42.2 Å². The number of hydrogen-bond acceptors (Lipinski definition) is 4. The van der Waals surface area contributed by atoms with Gasteiger partial charge in [0.05, 0.1) is 11.5 Å². The molecule has 0 bridgehead atoms. The number of nitrogens with zero attached hydrogens (tertiary/aromatic N) is 1. The molecule has 0 aliphatic carbocycles. The zero-order valence-corrected chi connectivity index (χ0v) is 14.0. The Morgan fingerprint density at radius 2 is 2.19 bits per heavy atom. The summed E-state index contributed by atoms with van der Waals surface area (Å²) in [7, 11) is 1.68. The number of ether oxygens (including phenoxy) is 2. The van der Waals surface area contributed by atoms with E-state index in [0.29, 0.717) is 13.2 Å². The highest BCUT2D eigenvalue weighted by atomic mass is 32.1. The summed E-state index contributed by atoms with van der Waals surface area (Å²) in [6, 6.07) is 2.00. The Morgan fingerprint density at radius 1 is 1.48 bits per heavy atom. The molecule has 1 aromatic rings. The number of thiophene rings is 1. The first-order valence-electron chi connectivity index (χ1n) is 7.46. The van der Waals surface area contributed by atoms with E-state index in [0.717, 1.165) is 43.0 Å². The first kappa shape index (κ1) is 16.5. The average Bonchev–Trinajstić information content (AvgIpc) is 2.89. The second-order valence-corrected chi connectivity index (χ2v) is 6.99. The van der Waals surface area contributed by atoms with E-state index in [4.69, 9.17) is 9.47 Å². The van der Waals surface area contributed by atoms with Crippen LogP contribution >= 0.6 is 11.3 Å². The van der Waals surface area contributed by atoms with Crippen molar-refractivity contribution in [3.63, 3.8) is 0 Å². The summed E-state index contributed by atoms with van der Waals surface area (Å²) in [5, 5.41) is 1.98. The van der Waals surface area contributed by atoms with Gasteiger partial charge in [0.15, 0.2) is 0 Å². The van der Waals surface area contributed by atoms with Crippen molar-refractivity contribution in [3.05, 3.63) is 21.9 Å². The third kappa shape index (κ3) is 4.28. The van der Waals surface area contributed by atoms with Gasteiger partial charge in [0.25, 0.3) is 5.91 Å². The van der Waals surface area contributed by atoms with Crippen molar-refractivity contribution < 1.29 is 14.3 Å². The van der Waals surface area contributed by atoms with Crippen molar-refractivity contribution in [2.45, 2.75) is 26.7 Å². The van der Waals surface area contributed by atoms with E-state index in [2.05, 4.69) is 6.92 Å². The van der Waals surface area contributed by atoms with Crippen LogP contribution < -0.4 is 0 Å². The van der Waals surface area contributed by atoms with Gasteiger partial charge >= 0.3 is 0 Å². The van der Waals surface area contributed by atoms with E-state index >= 15 is 0 Å². The zero-order valence-electron chi connectivity index (χ0n) is 13.2. The highest BCUT2D eigenvalue weighted by Crippen LogP contribution is 2.31. The summed E-state index contributed by atoms with van der Waals surface area (Å²) in [4.78, 5) is 15.6. The average molecular weight is 311 g/mol. The van der Waals surface area contributed by atoms with Crippen molar-refractivity contribution in [3.8, 4) is 0 Å². The van der Waals surface area contributed by atoms with Gasteiger partial charge in [-0.2, -0.15) is 0 Å². The molecule has 1 aromatic heterocycles. The van der Waals surface area contributed by atoms with E-state index in [1.165, 1.54) is 11.3 Å². The van der Waals surface area contributed by atoms with Gasteiger partial charge < -0.3 is 14.4 Å². The predicted molar refractivity (Wildman–Crippen MR) is 85.0 cm³/mol. The van der Waals surface area contributed by atoms with Crippen LogP contribution in [-0.2, 0) is 9.47 Å². The predicted octanol–water partition coefficient (Wildman–Crippen LogP) is 2.96. The Bertz CT molecular complexity index is 466. The minimum absolute atomic E-state index is 0.132.